The van der Waals surface area contributed by atoms with E-state index in [0.717, 1.165) is 25.8 Å². The van der Waals surface area contributed by atoms with Gasteiger partial charge < -0.3 is 4.74 Å². The van der Waals surface area contributed by atoms with E-state index in [4.69, 9.17) is 4.74 Å². The van der Waals surface area contributed by atoms with Crippen molar-refractivity contribution in [1.82, 2.24) is 4.90 Å². The normalized spacial score (nSPS) is 11.2. The summed E-state index contributed by atoms with van der Waals surface area (Å²) in [6.45, 7) is 5.83. The third kappa shape index (κ3) is 19.8. The van der Waals surface area contributed by atoms with E-state index in [2.05, 4.69) is 13.8 Å². The largest absolute Gasteiger partial charge is 0.449 e. The van der Waals surface area contributed by atoms with Crippen molar-refractivity contribution in [1.29, 1.82) is 0 Å². The molecule has 0 aromatic rings. The molecule has 0 atom stereocenters. The van der Waals surface area contributed by atoms with Gasteiger partial charge in [0.2, 0.25) is 0 Å². The molecule has 0 aromatic carbocycles. The summed E-state index contributed by atoms with van der Waals surface area (Å²) in [4.78, 5) is 13.7. The van der Waals surface area contributed by atoms with E-state index in [1.54, 1.807) is 0 Å². The number of unbranched alkanes of at least 4 members (excludes halogenated alkanes) is 14. The van der Waals surface area contributed by atoms with Crippen LogP contribution < -0.4 is 0 Å². The van der Waals surface area contributed by atoms with Crippen LogP contribution in [-0.2, 0) is 9.53 Å². The molecule has 0 fully saturated rings. The van der Waals surface area contributed by atoms with Gasteiger partial charge in [-0.1, -0.05) is 104 Å². The lowest BCUT2D eigenvalue weighted by molar-refractivity contribution is -0.148. The highest BCUT2D eigenvalue weighted by molar-refractivity contribution is 5.69. The Morgan fingerprint density at radius 2 is 1.08 bits per heavy atom. The quantitative estimate of drug-likeness (QED) is 0.130. The van der Waals surface area contributed by atoms with Crippen molar-refractivity contribution in [3.05, 3.63) is 0 Å². The molecule has 0 aliphatic rings. The van der Waals surface area contributed by atoms with Gasteiger partial charge >= 0.3 is 5.97 Å². The Morgan fingerprint density at radius 1 is 0.654 bits per heavy atom. The van der Waals surface area contributed by atoms with Crippen molar-refractivity contribution < 1.29 is 9.53 Å². The van der Waals surface area contributed by atoms with Crippen LogP contribution in [0.1, 0.15) is 123 Å². The molecule has 0 spiro atoms. The number of carbonyl (C=O) groups excluding carboxylic acids is 1. The molecular weight excluding hydrogens is 322 g/mol. The first kappa shape index (κ1) is 25.4. The minimum absolute atomic E-state index is 0.0392. The molecule has 156 valence electrons. The number of esters is 1. The number of rotatable bonds is 20. The molecule has 0 radical (unpaired) electrons. The summed E-state index contributed by atoms with van der Waals surface area (Å²) in [5.74, 6) is -0.0392. The minimum Gasteiger partial charge on any atom is -0.449 e. The van der Waals surface area contributed by atoms with E-state index in [9.17, 15) is 4.79 Å². The smallest absolute Gasteiger partial charge is 0.307 e. The molecule has 3 heteroatoms. The van der Waals surface area contributed by atoms with Crippen molar-refractivity contribution in [2.24, 2.45) is 0 Å². The second-order valence-electron chi connectivity index (χ2n) is 7.92. The van der Waals surface area contributed by atoms with Crippen LogP contribution in [0.2, 0.25) is 0 Å². The van der Waals surface area contributed by atoms with E-state index in [-0.39, 0.29) is 5.97 Å². The lowest BCUT2D eigenvalue weighted by Gasteiger charge is -2.15. The van der Waals surface area contributed by atoms with Crippen molar-refractivity contribution in [3.8, 4) is 0 Å². The van der Waals surface area contributed by atoms with Crippen LogP contribution >= 0.6 is 0 Å². The van der Waals surface area contributed by atoms with Gasteiger partial charge in [-0.25, -0.2) is 0 Å². The number of hydrogen-bond donors (Lipinski definition) is 0. The molecule has 0 unspecified atom stereocenters. The lowest BCUT2D eigenvalue weighted by atomic mass is 10.0. The van der Waals surface area contributed by atoms with Crippen LogP contribution in [0.25, 0.3) is 0 Å². The molecule has 0 N–H and O–H groups in total. The van der Waals surface area contributed by atoms with Crippen LogP contribution in [0.4, 0.5) is 0 Å². The molecule has 26 heavy (non-hydrogen) atoms. The van der Waals surface area contributed by atoms with Gasteiger partial charge in [-0.2, -0.15) is 0 Å². The van der Waals surface area contributed by atoms with Crippen LogP contribution in [0.5, 0.6) is 0 Å². The summed E-state index contributed by atoms with van der Waals surface area (Å²) >= 11 is 0. The maximum Gasteiger partial charge on any atom is 0.307 e. The molecule has 0 rings (SSSR count). The zero-order chi connectivity index (χ0) is 19.3. The molecule has 0 amide bonds. The van der Waals surface area contributed by atoms with E-state index >= 15 is 0 Å². The maximum absolute atomic E-state index is 11.6. The van der Waals surface area contributed by atoms with E-state index < -0.39 is 0 Å². The molecule has 0 bridgehead atoms. The van der Waals surface area contributed by atoms with Gasteiger partial charge in [0.1, 0.15) is 6.73 Å². The lowest BCUT2D eigenvalue weighted by Crippen LogP contribution is -2.24. The fourth-order valence-corrected chi connectivity index (χ4v) is 3.34. The van der Waals surface area contributed by atoms with Gasteiger partial charge in [0, 0.05) is 13.0 Å². The Morgan fingerprint density at radius 3 is 1.50 bits per heavy atom. The van der Waals surface area contributed by atoms with Gasteiger partial charge in [-0.15, -0.1) is 0 Å². The topological polar surface area (TPSA) is 29.5 Å². The molecule has 0 heterocycles. The Hall–Kier alpha value is -0.570. The minimum atomic E-state index is -0.0392. The number of hydrogen-bond acceptors (Lipinski definition) is 3. The van der Waals surface area contributed by atoms with Crippen molar-refractivity contribution >= 4 is 5.97 Å². The highest BCUT2D eigenvalue weighted by Gasteiger charge is 2.04. The molecule has 0 saturated heterocycles. The zero-order valence-electron chi connectivity index (χ0n) is 18.2. The number of nitrogens with zero attached hydrogens (tertiary/aromatic N) is 1. The first-order chi connectivity index (χ1) is 12.7. The predicted octanol–water partition coefficient (Wildman–Crippen LogP) is 7.09. The molecule has 0 aromatic heterocycles. The van der Waals surface area contributed by atoms with E-state index in [1.807, 2.05) is 11.9 Å². The Labute approximate surface area is 164 Å². The first-order valence-electron chi connectivity index (χ1n) is 11.5. The summed E-state index contributed by atoms with van der Waals surface area (Å²) in [6.07, 6.45) is 21.9. The van der Waals surface area contributed by atoms with Gasteiger partial charge in [0.15, 0.2) is 0 Å². The molecular formula is C23H47NO2. The van der Waals surface area contributed by atoms with Crippen LogP contribution in [0.15, 0.2) is 0 Å². The first-order valence-corrected chi connectivity index (χ1v) is 11.5. The van der Waals surface area contributed by atoms with Crippen LogP contribution in [0.3, 0.4) is 0 Å². The number of ether oxygens (including phenoxy) is 1. The average Bonchev–Trinajstić information content (AvgIpc) is 2.63. The second kappa shape index (κ2) is 20.7. The fourth-order valence-electron chi connectivity index (χ4n) is 3.34. The summed E-state index contributed by atoms with van der Waals surface area (Å²) in [6, 6.07) is 0. The monoisotopic (exact) mass is 369 g/mol. The van der Waals surface area contributed by atoms with Crippen LogP contribution in [-0.4, -0.2) is 31.2 Å². The van der Waals surface area contributed by atoms with Crippen LogP contribution in [0, 0.1) is 0 Å². The standard InChI is InChI=1S/C23H47NO2/c1-4-6-7-8-9-10-11-12-13-14-15-16-17-18-19-20-23(25)26-22-24(3)21-5-2/h4-22H2,1-3H3. The fraction of sp³-hybridized carbons (Fsp3) is 0.957. The third-order valence-electron chi connectivity index (χ3n) is 5.04. The number of carbonyl (C=O) groups is 1. The van der Waals surface area contributed by atoms with E-state index in [1.165, 1.54) is 83.5 Å². The summed E-state index contributed by atoms with van der Waals surface area (Å²) in [5, 5.41) is 0. The third-order valence-corrected chi connectivity index (χ3v) is 5.04. The highest BCUT2D eigenvalue weighted by atomic mass is 16.5. The molecule has 3 nitrogen and oxygen atoms in total. The summed E-state index contributed by atoms with van der Waals surface area (Å²) < 4.78 is 5.26. The van der Waals surface area contributed by atoms with Crippen molar-refractivity contribution in [3.63, 3.8) is 0 Å². The summed E-state index contributed by atoms with van der Waals surface area (Å²) in [7, 11) is 1.99. The maximum atomic E-state index is 11.6. The SMILES string of the molecule is CCCCCCCCCCCCCCCCCC(=O)OCN(C)CCC. The summed E-state index contributed by atoms with van der Waals surface area (Å²) in [5.41, 5.74) is 0. The second-order valence-corrected chi connectivity index (χ2v) is 7.92. The van der Waals surface area contributed by atoms with Crippen molar-refractivity contribution in [2.75, 3.05) is 20.3 Å². The Kier molecular flexibility index (Phi) is 20.3. The van der Waals surface area contributed by atoms with Gasteiger partial charge in [0.25, 0.3) is 0 Å². The predicted molar refractivity (Wildman–Crippen MR) is 113 cm³/mol. The Balaban J connectivity index is 3.16. The van der Waals surface area contributed by atoms with E-state index in [0.29, 0.717) is 13.2 Å². The molecule has 0 aliphatic carbocycles. The molecule has 0 aliphatic heterocycles. The van der Waals surface area contributed by atoms with Gasteiger partial charge in [0.05, 0.1) is 0 Å². The van der Waals surface area contributed by atoms with Crippen molar-refractivity contribution in [2.45, 2.75) is 123 Å². The highest BCUT2D eigenvalue weighted by Crippen LogP contribution is 2.13. The Bertz CT molecular complexity index is 294. The van der Waals surface area contributed by atoms with Gasteiger partial charge in [-0.05, 0) is 19.9 Å². The molecule has 0 saturated carbocycles. The average molecular weight is 370 g/mol. The van der Waals surface area contributed by atoms with Gasteiger partial charge in [-0.3, -0.25) is 9.69 Å². The zero-order valence-corrected chi connectivity index (χ0v) is 18.2.